The summed E-state index contributed by atoms with van der Waals surface area (Å²) in [5.74, 6) is 2.07. The van der Waals surface area contributed by atoms with E-state index >= 15 is 0 Å². The highest BCUT2D eigenvalue weighted by Gasteiger charge is 2.17. The minimum Gasteiger partial charge on any atom is -0.375 e. The molecule has 0 spiro atoms. The molecule has 2 aromatic rings. The fourth-order valence-electron chi connectivity index (χ4n) is 2.89. The van der Waals surface area contributed by atoms with E-state index in [0.29, 0.717) is 0 Å². The van der Waals surface area contributed by atoms with Crippen molar-refractivity contribution in [3.05, 3.63) is 42.1 Å². The average molecular weight is 315 g/mol. The zero-order valence-electron chi connectivity index (χ0n) is 14.1. The van der Waals surface area contributed by atoms with E-state index in [4.69, 9.17) is 4.74 Å². The van der Waals surface area contributed by atoms with Gasteiger partial charge in [0.2, 0.25) is 0 Å². The summed E-state index contributed by atoms with van der Waals surface area (Å²) >= 11 is 0. The van der Waals surface area contributed by atoms with Crippen molar-refractivity contribution in [2.45, 2.75) is 32.5 Å². The van der Waals surface area contributed by atoms with Gasteiger partial charge in [0, 0.05) is 45.3 Å². The molecule has 2 atom stereocenters. The van der Waals surface area contributed by atoms with E-state index < -0.39 is 0 Å². The third-order valence-corrected chi connectivity index (χ3v) is 4.23. The lowest BCUT2D eigenvalue weighted by Gasteiger charge is -2.32. The molecule has 0 bridgehead atoms. The van der Waals surface area contributed by atoms with Crippen LogP contribution in [0.25, 0.3) is 0 Å². The molecule has 0 saturated carbocycles. The van der Waals surface area contributed by atoms with Crippen LogP contribution in [0.1, 0.15) is 31.3 Å². The van der Waals surface area contributed by atoms with Crippen LogP contribution in [0.5, 0.6) is 0 Å². The van der Waals surface area contributed by atoms with Crippen LogP contribution in [0.15, 0.2) is 30.7 Å². The summed E-state index contributed by atoms with van der Waals surface area (Å²) in [4.78, 5) is 11.3. The molecule has 1 N–H and O–H groups in total. The van der Waals surface area contributed by atoms with Crippen LogP contribution in [0.2, 0.25) is 0 Å². The molecule has 3 heterocycles. The molecule has 23 heavy (non-hydrogen) atoms. The van der Waals surface area contributed by atoms with Crippen molar-refractivity contribution in [3.8, 4) is 0 Å². The van der Waals surface area contributed by atoms with E-state index in [1.165, 1.54) is 5.56 Å². The minimum atomic E-state index is 0.203. The van der Waals surface area contributed by atoms with Gasteiger partial charge in [-0.3, -0.25) is 0 Å². The number of hydrogen-bond donors (Lipinski definition) is 1. The number of morpholine rings is 1. The maximum atomic E-state index is 5.58. The standard InChI is InChI=1S/C17H25N5O/c1-13-12-22(8-9-23-13)16-5-4-15(11-20-16)10-19-14(2)17-18-6-7-21(17)3/h4-7,11,13-14,19H,8-10,12H2,1-3H3. The van der Waals surface area contributed by atoms with Crippen LogP contribution >= 0.6 is 0 Å². The second-order valence-corrected chi connectivity index (χ2v) is 6.15. The zero-order chi connectivity index (χ0) is 16.2. The fraction of sp³-hybridized carbons (Fsp3) is 0.529. The van der Waals surface area contributed by atoms with E-state index in [9.17, 15) is 0 Å². The van der Waals surface area contributed by atoms with Crippen LogP contribution in [-0.2, 0) is 18.3 Å². The lowest BCUT2D eigenvalue weighted by Crippen LogP contribution is -2.41. The van der Waals surface area contributed by atoms with Crippen LogP contribution in [0, 0.1) is 0 Å². The highest BCUT2D eigenvalue weighted by atomic mass is 16.5. The molecule has 1 aliphatic heterocycles. The number of rotatable bonds is 5. The number of imidazole rings is 1. The SMILES string of the molecule is CC1CN(c2ccc(CNC(C)c3nccn3C)cn2)CCO1. The number of nitrogens with zero attached hydrogens (tertiary/aromatic N) is 4. The number of aryl methyl sites for hydroxylation is 1. The van der Waals surface area contributed by atoms with E-state index in [2.05, 4.69) is 46.2 Å². The summed E-state index contributed by atoms with van der Waals surface area (Å²) in [5, 5.41) is 3.49. The van der Waals surface area contributed by atoms with Crippen molar-refractivity contribution in [2.24, 2.45) is 7.05 Å². The third kappa shape index (κ3) is 3.89. The Bertz CT molecular complexity index is 624. The quantitative estimate of drug-likeness (QED) is 0.913. The van der Waals surface area contributed by atoms with E-state index in [1.54, 1.807) is 0 Å². The van der Waals surface area contributed by atoms with E-state index in [1.807, 2.05) is 30.2 Å². The molecule has 124 valence electrons. The average Bonchev–Trinajstić information content (AvgIpc) is 2.99. The van der Waals surface area contributed by atoms with Gasteiger partial charge in [0.15, 0.2) is 0 Å². The van der Waals surface area contributed by atoms with Crippen molar-refractivity contribution in [3.63, 3.8) is 0 Å². The van der Waals surface area contributed by atoms with E-state index in [0.717, 1.165) is 37.9 Å². The van der Waals surface area contributed by atoms with Gasteiger partial charge in [0.1, 0.15) is 11.6 Å². The maximum Gasteiger partial charge on any atom is 0.128 e. The van der Waals surface area contributed by atoms with Gasteiger partial charge in [0.25, 0.3) is 0 Å². The van der Waals surface area contributed by atoms with Crippen LogP contribution in [0.4, 0.5) is 5.82 Å². The van der Waals surface area contributed by atoms with Gasteiger partial charge < -0.3 is 19.5 Å². The van der Waals surface area contributed by atoms with Crippen molar-refractivity contribution in [1.29, 1.82) is 0 Å². The molecular formula is C17H25N5O. The fourth-order valence-corrected chi connectivity index (χ4v) is 2.89. The van der Waals surface area contributed by atoms with Gasteiger partial charge in [-0.25, -0.2) is 9.97 Å². The van der Waals surface area contributed by atoms with Gasteiger partial charge in [-0.05, 0) is 25.5 Å². The Labute approximate surface area is 137 Å². The van der Waals surface area contributed by atoms with Gasteiger partial charge in [0.05, 0.1) is 18.8 Å². The molecule has 6 nitrogen and oxygen atoms in total. The molecule has 3 rings (SSSR count). The largest absolute Gasteiger partial charge is 0.375 e. The molecule has 2 aromatic heterocycles. The predicted octanol–water partition coefficient (Wildman–Crippen LogP) is 1.89. The Morgan fingerprint density at radius 2 is 2.26 bits per heavy atom. The molecular weight excluding hydrogens is 290 g/mol. The third-order valence-electron chi connectivity index (χ3n) is 4.23. The van der Waals surface area contributed by atoms with Gasteiger partial charge in [-0.15, -0.1) is 0 Å². The molecule has 0 aromatic carbocycles. The maximum absolute atomic E-state index is 5.58. The first-order chi connectivity index (χ1) is 11.1. The van der Waals surface area contributed by atoms with E-state index in [-0.39, 0.29) is 12.1 Å². The number of anilines is 1. The number of nitrogens with one attached hydrogen (secondary N) is 1. The Morgan fingerprint density at radius 3 is 2.91 bits per heavy atom. The lowest BCUT2D eigenvalue weighted by molar-refractivity contribution is 0.0529. The first-order valence-corrected chi connectivity index (χ1v) is 8.15. The Balaban J connectivity index is 1.56. The van der Waals surface area contributed by atoms with Crippen LogP contribution in [0.3, 0.4) is 0 Å². The molecule has 0 radical (unpaired) electrons. The molecule has 1 aliphatic rings. The Hall–Kier alpha value is -1.92. The first-order valence-electron chi connectivity index (χ1n) is 8.15. The van der Waals surface area contributed by atoms with Crippen LogP contribution < -0.4 is 10.2 Å². The first kappa shape index (κ1) is 16.0. The second-order valence-electron chi connectivity index (χ2n) is 6.15. The molecule has 1 saturated heterocycles. The Kier molecular flexibility index (Phi) is 4.93. The molecule has 0 aliphatic carbocycles. The zero-order valence-corrected chi connectivity index (χ0v) is 14.1. The highest BCUT2D eigenvalue weighted by Crippen LogP contribution is 2.16. The Morgan fingerprint density at radius 1 is 1.39 bits per heavy atom. The summed E-state index contributed by atoms with van der Waals surface area (Å²) in [6.07, 6.45) is 6.01. The predicted molar refractivity (Wildman–Crippen MR) is 90.3 cm³/mol. The van der Waals surface area contributed by atoms with Gasteiger partial charge in [-0.1, -0.05) is 6.07 Å². The highest BCUT2D eigenvalue weighted by molar-refractivity contribution is 5.39. The number of aromatic nitrogens is 3. The minimum absolute atomic E-state index is 0.203. The number of pyridine rings is 1. The number of hydrogen-bond acceptors (Lipinski definition) is 5. The summed E-state index contributed by atoms with van der Waals surface area (Å²) in [7, 11) is 2.01. The van der Waals surface area contributed by atoms with Gasteiger partial charge >= 0.3 is 0 Å². The topological polar surface area (TPSA) is 55.2 Å². The smallest absolute Gasteiger partial charge is 0.128 e. The summed E-state index contributed by atoms with van der Waals surface area (Å²) in [6, 6.07) is 4.44. The van der Waals surface area contributed by atoms with Gasteiger partial charge in [-0.2, -0.15) is 0 Å². The molecule has 1 fully saturated rings. The van der Waals surface area contributed by atoms with Crippen molar-refractivity contribution in [1.82, 2.24) is 19.9 Å². The summed E-state index contributed by atoms with van der Waals surface area (Å²) in [5.41, 5.74) is 1.18. The summed E-state index contributed by atoms with van der Waals surface area (Å²) < 4.78 is 7.62. The van der Waals surface area contributed by atoms with Crippen molar-refractivity contribution < 1.29 is 4.74 Å². The monoisotopic (exact) mass is 315 g/mol. The number of ether oxygens (including phenoxy) is 1. The molecule has 2 unspecified atom stereocenters. The van der Waals surface area contributed by atoms with Crippen molar-refractivity contribution in [2.75, 3.05) is 24.6 Å². The lowest BCUT2D eigenvalue weighted by atomic mass is 10.2. The second kappa shape index (κ2) is 7.10. The normalized spacial score (nSPS) is 19.8. The molecule has 6 heteroatoms. The van der Waals surface area contributed by atoms with Crippen LogP contribution in [-0.4, -0.2) is 40.3 Å². The molecule has 0 amide bonds. The summed E-state index contributed by atoms with van der Waals surface area (Å²) in [6.45, 7) is 7.59. The van der Waals surface area contributed by atoms with Crippen molar-refractivity contribution >= 4 is 5.82 Å².